The zero-order valence-electron chi connectivity index (χ0n) is 11.3. The van der Waals surface area contributed by atoms with E-state index < -0.39 is 15.9 Å². The Kier molecular flexibility index (Phi) is 4.13. The van der Waals surface area contributed by atoms with Crippen LogP contribution in [0.5, 0.6) is 5.75 Å². The van der Waals surface area contributed by atoms with Crippen LogP contribution in [0, 0.1) is 0 Å². The molecule has 0 aliphatic rings. The van der Waals surface area contributed by atoms with Crippen LogP contribution in [0.25, 0.3) is 0 Å². The van der Waals surface area contributed by atoms with E-state index in [1.807, 2.05) is 0 Å². The summed E-state index contributed by atoms with van der Waals surface area (Å²) < 4.78 is 36.2. The van der Waals surface area contributed by atoms with E-state index in [1.54, 1.807) is 0 Å². The van der Waals surface area contributed by atoms with E-state index >= 15 is 0 Å². The summed E-state index contributed by atoms with van der Waals surface area (Å²) in [6.07, 6.45) is 1.24. The van der Waals surface area contributed by atoms with Crippen LogP contribution < -0.4 is 14.8 Å². The quantitative estimate of drug-likeness (QED) is 0.846. The third kappa shape index (κ3) is 3.14. The number of nitrogens with zero attached hydrogens (tertiary/aromatic N) is 1. The van der Waals surface area contributed by atoms with Crippen molar-refractivity contribution in [1.29, 1.82) is 0 Å². The molecule has 1 amide bonds. The molecule has 2 N–H and O–H groups in total. The van der Waals surface area contributed by atoms with Crippen LogP contribution in [0.3, 0.4) is 0 Å². The highest BCUT2D eigenvalue weighted by molar-refractivity contribution is 7.92. The van der Waals surface area contributed by atoms with Gasteiger partial charge in [-0.1, -0.05) is 5.16 Å². The number of ether oxygens (including phenoxy) is 1. The van der Waals surface area contributed by atoms with Crippen molar-refractivity contribution >= 4 is 21.7 Å². The van der Waals surface area contributed by atoms with E-state index in [1.165, 1.54) is 44.7 Å². The van der Waals surface area contributed by atoms with Crippen LogP contribution in [0.1, 0.15) is 10.4 Å². The van der Waals surface area contributed by atoms with Gasteiger partial charge in [0.15, 0.2) is 5.82 Å². The fourth-order valence-electron chi connectivity index (χ4n) is 1.63. The fraction of sp³-hybridized carbons (Fsp3) is 0.167. The minimum absolute atomic E-state index is 0.0484. The molecule has 0 unspecified atom stereocenters. The lowest BCUT2D eigenvalue weighted by Gasteiger charge is -2.10. The first-order valence-electron chi connectivity index (χ1n) is 5.81. The lowest BCUT2D eigenvalue weighted by atomic mass is 10.2. The van der Waals surface area contributed by atoms with Crippen LogP contribution >= 0.6 is 0 Å². The van der Waals surface area contributed by atoms with Crippen LogP contribution in [0.4, 0.5) is 5.82 Å². The summed E-state index contributed by atoms with van der Waals surface area (Å²) in [5.74, 6) is -0.132. The Hall–Kier alpha value is -2.55. The summed E-state index contributed by atoms with van der Waals surface area (Å²) in [4.78, 5) is 11.7. The number of nitrogens with one attached hydrogen (secondary N) is 2. The monoisotopic (exact) mass is 311 g/mol. The molecule has 2 aromatic rings. The SMILES string of the molecule is CNC(=O)c1cc(S(=O)(=O)Nc2ccon2)ccc1OC. The topological polar surface area (TPSA) is 111 Å². The summed E-state index contributed by atoms with van der Waals surface area (Å²) in [6.45, 7) is 0. The zero-order valence-corrected chi connectivity index (χ0v) is 12.1. The molecule has 0 aliphatic heterocycles. The van der Waals surface area contributed by atoms with Crippen LogP contribution in [0.15, 0.2) is 39.9 Å². The summed E-state index contributed by atoms with van der Waals surface area (Å²) in [5, 5.41) is 5.88. The predicted octanol–water partition coefficient (Wildman–Crippen LogP) is 0.844. The molecule has 0 aliphatic carbocycles. The van der Waals surface area contributed by atoms with Gasteiger partial charge in [-0.05, 0) is 18.2 Å². The van der Waals surface area contributed by atoms with E-state index in [4.69, 9.17) is 4.74 Å². The maximum Gasteiger partial charge on any atom is 0.263 e. The molecular weight excluding hydrogens is 298 g/mol. The zero-order chi connectivity index (χ0) is 15.5. The van der Waals surface area contributed by atoms with Gasteiger partial charge in [0.2, 0.25) is 0 Å². The number of benzene rings is 1. The molecule has 2 rings (SSSR count). The highest BCUT2D eigenvalue weighted by atomic mass is 32.2. The Bertz CT molecular complexity index is 740. The van der Waals surface area contributed by atoms with Crippen molar-refractivity contribution in [3.63, 3.8) is 0 Å². The summed E-state index contributed by atoms with van der Waals surface area (Å²) >= 11 is 0. The molecular formula is C12H13N3O5S. The van der Waals surface area contributed by atoms with Gasteiger partial charge in [0.1, 0.15) is 12.0 Å². The van der Waals surface area contributed by atoms with E-state index in [0.717, 1.165) is 0 Å². The van der Waals surface area contributed by atoms with E-state index in [0.29, 0.717) is 0 Å². The molecule has 9 heteroatoms. The molecule has 0 saturated carbocycles. The number of rotatable bonds is 5. The van der Waals surface area contributed by atoms with Crippen molar-refractivity contribution in [3.05, 3.63) is 36.1 Å². The molecule has 0 radical (unpaired) electrons. The first-order valence-corrected chi connectivity index (χ1v) is 7.29. The van der Waals surface area contributed by atoms with Crippen molar-refractivity contribution in [2.75, 3.05) is 18.9 Å². The molecule has 0 spiro atoms. The van der Waals surface area contributed by atoms with Crippen LogP contribution in [-0.2, 0) is 10.0 Å². The summed E-state index contributed by atoms with van der Waals surface area (Å²) in [5.41, 5.74) is 0.114. The van der Waals surface area contributed by atoms with Gasteiger partial charge in [0.05, 0.1) is 17.6 Å². The molecule has 21 heavy (non-hydrogen) atoms. The van der Waals surface area contributed by atoms with E-state index in [9.17, 15) is 13.2 Å². The van der Waals surface area contributed by atoms with E-state index in [-0.39, 0.29) is 22.0 Å². The Balaban J connectivity index is 2.42. The molecule has 1 aromatic carbocycles. The van der Waals surface area contributed by atoms with Gasteiger partial charge < -0.3 is 14.6 Å². The van der Waals surface area contributed by atoms with Gasteiger partial charge in [-0.25, -0.2) is 8.42 Å². The second kappa shape index (κ2) is 5.83. The molecule has 0 fully saturated rings. The fourth-order valence-corrected chi connectivity index (χ4v) is 2.65. The molecule has 1 heterocycles. The number of hydrogen-bond acceptors (Lipinski definition) is 6. The summed E-state index contributed by atoms with van der Waals surface area (Å²) in [7, 11) is -1.05. The van der Waals surface area contributed by atoms with Gasteiger partial charge in [-0.2, -0.15) is 0 Å². The van der Waals surface area contributed by atoms with Gasteiger partial charge in [-0.15, -0.1) is 0 Å². The third-order valence-corrected chi connectivity index (χ3v) is 3.98. The van der Waals surface area contributed by atoms with Crippen molar-refractivity contribution in [1.82, 2.24) is 10.5 Å². The largest absolute Gasteiger partial charge is 0.496 e. The first kappa shape index (κ1) is 14.9. The van der Waals surface area contributed by atoms with Gasteiger partial charge >= 0.3 is 0 Å². The first-order chi connectivity index (χ1) is 9.97. The van der Waals surface area contributed by atoms with Gasteiger partial charge in [-0.3, -0.25) is 9.52 Å². The van der Waals surface area contributed by atoms with Crippen molar-refractivity contribution in [3.8, 4) is 5.75 Å². The number of carbonyl (C=O) groups is 1. The maximum atomic E-state index is 12.2. The molecule has 112 valence electrons. The summed E-state index contributed by atoms with van der Waals surface area (Å²) in [6, 6.07) is 5.32. The second-order valence-electron chi connectivity index (χ2n) is 3.93. The third-order valence-electron chi connectivity index (χ3n) is 2.63. The Labute approximate surface area is 121 Å². The molecule has 8 nitrogen and oxygen atoms in total. The Morgan fingerprint density at radius 2 is 2.10 bits per heavy atom. The molecule has 1 aromatic heterocycles. The number of aromatic nitrogens is 1. The van der Waals surface area contributed by atoms with Gasteiger partial charge in [0, 0.05) is 13.1 Å². The predicted molar refractivity (Wildman–Crippen MR) is 73.7 cm³/mol. The number of anilines is 1. The van der Waals surface area contributed by atoms with E-state index in [2.05, 4.69) is 19.7 Å². The molecule has 0 saturated heterocycles. The average molecular weight is 311 g/mol. The number of sulfonamides is 1. The normalized spacial score (nSPS) is 11.0. The standard InChI is InChI=1S/C12H13N3O5S/c1-13-12(16)9-7-8(3-4-10(9)19-2)21(17,18)15-11-5-6-20-14-11/h3-7H,1-2H3,(H,13,16)(H,14,15). The number of methoxy groups -OCH3 is 1. The van der Waals surface area contributed by atoms with Crippen molar-refractivity contribution in [2.45, 2.75) is 4.90 Å². The minimum atomic E-state index is -3.88. The van der Waals surface area contributed by atoms with Crippen LogP contribution in [-0.4, -0.2) is 33.6 Å². The van der Waals surface area contributed by atoms with Crippen molar-refractivity contribution in [2.24, 2.45) is 0 Å². The number of amides is 1. The average Bonchev–Trinajstić information content (AvgIpc) is 2.97. The maximum absolute atomic E-state index is 12.2. The Morgan fingerprint density at radius 3 is 2.67 bits per heavy atom. The Morgan fingerprint density at radius 1 is 1.33 bits per heavy atom. The van der Waals surface area contributed by atoms with Crippen molar-refractivity contribution < 1.29 is 22.5 Å². The highest BCUT2D eigenvalue weighted by Gasteiger charge is 2.20. The second-order valence-corrected chi connectivity index (χ2v) is 5.61. The number of carbonyl (C=O) groups excluding carboxylic acids is 1. The minimum Gasteiger partial charge on any atom is -0.496 e. The molecule has 0 bridgehead atoms. The number of hydrogen-bond donors (Lipinski definition) is 2. The highest BCUT2D eigenvalue weighted by Crippen LogP contribution is 2.23. The lowest BCUT2D eigenvalue weighted by Crippen LogP contribution is -2.20. The lowest BCUT2D eigenvalue weighted by molar-refractivity contribution is 0.0960. The molecule has 0 atom stereocenters. The smallest absolute Gasteiger partial charge is 0.263 e. The van der Waals surface area contributed by atoms with Crippen LogP contribution in [0.2, 0.25) is 0 Å². The van der Waals surface area contributed by atoms with Gasteiger partial charge in [0.25, 0.3) is 15.9 Å².